The molecule has 2 aliphatic heterocycles. The lowest BCUT2D eigenvalue weighted by atomic mass is 9.95. The fourth-order valence-electron chi connectivity index (χ4n) is 3.22. The zero-order valence-corrected chi connectivity index (χ0v) is 13.7. The van der Waals surface area contributed by atoms with Crippen LogP contribution in [-0.4, -0.2) is 41.1 Å². The SMILES string of the molecule is CC(C)C1CCN(c2nc(Cl)nc(N3CCCCC3)n2)C1. The first kappa shape index (κ1) is 14.8. The number of aromatic nitrogens is 3. The molecule has 6 heteroatoms. The second-order valence-corrected chi connectivity index (χ2v) is 6.83. The van der Waals surface area contributed by atoms with E-state index >= 15 is 0 Å². The van der Waals surface area contributed by atoms with E-state index in [0.29, 0.717) is 11.2 Å². The molecule has 0 bridgehead atoms. The van der Waals surface area contributed by atoms with E-state index in [0.717, 1.165) is 44.0 Å². The molecule has 3 heterocycles. The van der Waals surface area contributed by atoms with E-state index in [1.54, 1.807) is 0 Å². The third-order valence-electron chi connectivity index (χ3n) is 4.67. The zero-order valence-electron chi connectivity index (χ0n) is 12.9. The van der Waals surface area contributed by atoms with Crippen molar-refractivity contribution >= 4 is 23.5 Å². The summed E-state index contributed by atoms with van der Waals surface area (Å²) in [5.74, 6) is 2.92. The average Bonchev–Trinajstić information content (AvgIpc) is 2.98. The molecule has 116 valence electrons. The predicted molar refractivity (Wildman–Crippen MR) is 86.1 cm³/mol. The molecule has 0 aromatic carbocycles. The van der Waals surface area contributed by atoms with Gasteiger partial charge in [-0.05, 0) is 49.1 Å². The van der Waals surface area contributed by atoms with Crippen molar-refractivity contribution in [3.05, 3.63) is 5.28 Å². The lowest BCUT2D eigenvalue weighted by Crippen LogP contribution is -2.32. The van der Waals surface area contributed by atoms with Crippen LogP contribution in [0.15, 0.2) is 0 Å². The summed E-state index contributed by atoms with van der Waals surface area (Å²) < 4.78 is 0. The first-order chi connectivity index (χ1) is 10.1. The molecule has 3 rings (SSSR count). The number of hydrogen-bond donors (Lipinski definition) is 0. The number of piperidine rings is 1. The maximum atomic E-state index is 6.13. The van der Waals surface area contributed by atoms with Gasteiger partial charge in [0.1, 0.15) is 0 Å². The summed E-state index contributed by atoms with van der Waals surface area (Å²) in [6.45, 7) is 8.66. The molecule has 21 heavy (non-hydrogen) atoms. The summed E-state index contributed by atoms with van der Waals surface area (Å²) in [5.41, 5.74) is 0. The minimum Gasteiger partial charge on any atom is -0.341 e. The minimum absolute atomic E-state index is 0.313. The summed E-state index contributed by atoms with van der Waals surface area (Å²) in [6.07, 6.45) is 4.92. The van der Waals surface area contributed by atoms with Crippen LogP contribution in [0.25, 0.3) is 0 Å². The molecule has 1 aromatic heterocycles. The zero-order chi connectivity index (χ0) is 14.8. The number of halogens is 1. The van der Waals surface area contributed by atoms with Gasteiger partial charge in [0.25, 0.3) is 0 Å². The van der Waals surface area contributed by atoms with E-state index in [4.69, 9.17) is 11.6 Å². The molecule has 2 saturated heterocycles. The molecule has 0 spiro atoms. The van der Waals surface area contributed by atoms with Gasteiger partial charge in [-0.3, -0.25) is 0 Å². The van der Waals surface area contributed by atoms with Crippen LogP contribution >= 0.6 is 11.6 Å². The van der Waals surface area contributed by atoms with Gasteiger partial charge in [0.05, 0.1) is 0 Å². The van der Waals surface area contributed by atoms with Crippen LogP contribution in [-0.2, 0) is 0 Å². The quantitative estimate of drug-likeness (QED) is 0.859. The molecule has 0 saturated carbocycles. The lowest BCUT2D eigenvalue weighted by molar-refractivity contribution is 0.422. The molecule has 5 nitrogen and oxygen atoms in total. The van der Waals surface area contributed by atoms with Gasteiger partial charge in [-0.25, -0.2) is 0 Å². The van der Waals surface area contributed by atoms with Crippen molar-refractivity contribution in [2.24, 2.45) is 11.8 Å². The second-order valence-electron chi connectivity index (χ2n) is 6.49. The fraction of sp³-hybridized carbons (Fsp3) is 0.800. The van der Waals surface area contributed by atoms with Gasteiger partial charge in [0, 0.05) is 26.2 Å². The van der Waals surface area contributed by atoms with Crippen molar-refractivity contribution in [1.29, 1.82) is 0 Å². The predicted octanol–water partition coefficient (Wildman–Crippen LogP) is 3.00. The largest absolute Gasteiger partial charge is 0.341 e. The molecule has 1 aromatic rings. The molecule has 0 amide bonds. The van der Waals surface area contributed by atoms with E-state index in [2.05, 4.69) is 38.6 Å². The Labute approximate surface area is 131 Å². The van der Waals surface area contributed by atoms with Gasteiger partial charge in [0.2, 0.25) is 17.2 Å². The van der Waals surface area contributed by atoms with Gasteiger partial charge >= 0.3 is 0 Å². The number of hydrogen-bond acceptors (Lipinski definition) is 5. The van der Waals surface area contributed by atoms with Gasteiger partial charge < -0.3 is 9.80 Å². The van der Waals surface area contributed by atoms with E-state index in [-0.39, 0.29) is 0 Å². The molecule has 0 radical (unpaired) electrons. The Balaban J connectivity index is 1.78. The smallest absolute Gasteiger partial charge is 0.231 e. The summed E-state index contributed by atoms with van der Waals surface area (Å²) in [5, 5.41) is 0.313. The first-order valence-corrected chi connectivity index (χ1v) is 8.43. The molecule has 0 N–H and O–H groups in total. The molecular formula is C15H24ClN5. The van der Waals surface area contributed by atoms with Crippen molar-refractivity contribution in [3.8, 4) is 0 Å². The number of nitrogens with zero attached hydrogens (tertiary/aromatic N) is 5. The molecule has 0 aliphatic carbocycles. The van der Waals surface area contributed by atoms with Gasteiger partial charge in [-0.15, -0.1) is 0 Å². The fourth-order valence-corrected chi connectivity index (χ4v) is 3.37. The van der Waals surface area contributed by atoms with Crippen LogP contribution in [0.3, 0.4) is 0 Å². The summed E-state index contributed by atoms with van der Waals surface area (Å²) >= 11 is 6.13. The highest BCUT2D eigenvalue weighted by Gasteiger charge is 2.27. The highest BCUT2D eigenvalue weighted by atomic mass is 35.5. The summed E-state index contributed by atoms with van der Waals surface area (Å²) in [4.78, 5) is 17.8. The molecule has 1 atom stereocenters. The Bertz CT molecular complexity index is 487. The van der Waals surface area contributed by atoms with Gasteiger partial charge in [-0.1, -0.05) is 13.8 Å². The highest BCUT2D eigenvalue weighted by molar-refractivity contribution is 6.28. The number of rotatable bonds is 3. The topological polar surface area (TPSA) is 45.2 Å². The third kappa shape index (κ3) is 3.39. The molecular weight excluding hydrogens is 286 g/mol. The van der Waals surface area contributed by atoms with E-state index in [1.165, 1.54) is 25.7 Å². The van der Waals surface area contributed by atoms with E-state index < -0.39 is 0 Å². The minimum atomic E-state index is 0.313. The van der Waals surface area contributed by atoms with Crippen LogP contribution in [0.5, 0.6) is 0 Å². The van der Waals surface area contributed by atoms with Crippen molar-refractivity contribution in [3.63, 3.8) is 0 Å². The molecule has 2 aliphatic rings. The van der Waals surface area contributed by atoms with Crippen LogP contribution in [0.1, 0.15) is 39.5 Å². The summed E-state index contributed by atoms with van der Waals surface area (Å²) in [6, 6.07) is 0. The van der Waals surface area contributed by atoms with Crippen molar-refractivity contribution in [1.82, 2.24) is 15.0 Å². The molecule has 1 unspecified atom stereocenters. The van der Waals surface area contributed by atoms with Crippen LogP contribution in [0.4, 0.5) is 11.9 Å². The van der Waals surface area contributed by atoms with Crippen molar-refractivity contribution in [2.75, 3.05) is 36.0 Å². The first-order valence-electron chi connectivity index (χ1n) is 8.05. The van der Waals surface area contributed by atoms with Crippen molar-refractivity contribution in [2.45, 2.75) is 39.5 Å². The summed E-state index contributed by atoms with van der Waals surface area (Å²) in [7, 11) is 0. The maximum absolute atomic E-state index is 6.13. The highest BCUT2D eigenvalue weighted by Crippen LogP contribution is 2.28. The van der Waals surface area contributed by atoms with E-state index in [1.807, 2.05) is 0 Å². The second kappa shape index (κ2) is 6.34. The third-order valence-corrected chi connectivity index (χ3v) is 4.84. The maximum Gasteiger partial charge on any atom is 0.231 e. The number of anilines is 2. The van der Waals surface area contributed by atoms with Crippen LogP contribution in [0, 0.1) is 11.8 Å². The van der Waals surface area contributed by atoms with Crippen molar-refractivity contribution < 1.29 is 0 Å². The Morgan fingerprint density at radius 2 is 1.62 bits per heavy atom. The van der Waals surface area contributed by atoms with Crippen LogP contribution < -0.4 is 9.80 Å². The van der Waals surface area contributed by atoms with Gasteiger partial charge in [-0.2, -0.15) is 15.0 Å². The Hall–Kier alpha value is -1.10. The van der Waals surface area contributed by atoms with E-state index in [9.17, 15) is 0 Å². The lowest BCUT2D eigenvalue weighted by Gasteiger charge is -2.27. The van der Waals surface area contributed by atoms with Gasteiger partial charge in [0.15, 0.2) is 0 Å². The Morgan fingerprint density at radius 3 is 2.24 bits per heavy atom. The van der Waals surface area contributed by atoms with Crippen LogP contribution in [0.2, 0.25) is 5.28 Å². The molecule has 2 fully saturated rings. The average molecular weight is 310 g/mol. The Kier molecular flexibility index (Phi) is 4.48. The standard InChI is InChI=1S/C15H24ClN5/c1-11(2)12-6-9-21(10-12)15-18-13(16)17-14(19-15)20-7-4-3-5-8-20/h11-12H,3-10H2,1-2H3. The Morgan fingerprint density at radius 1 is 0.952 bits per heavy atom. The monoisotopic (exact) mass is 309 g/mol. The normalized spacial score (nSPS) is 23.1.